The lowest BCUT2D eigenvalue weighted by Gasteiger charge is -2.15. The van der Waals surface area contributed by atoms with Gasteiger partial charge in [-0.1, -0.05) is 0 Å². The molecular formula is C8H7F3N2O3S. The van der Waals surface area contributed by atoms with E-state index in [1.807, 2.05) is 0 Å². The number of halogens is 3. The van der Waals surface area contributed by atoms with Crippen LogP contribution in [0.4, 0.5) is 13.2 Å². The zero-order chi connectivity index (χ0) is 13.1. The summed E-state index contributed by atoms with van der Waals surface area (Å²) in [5.74, 6) is -3.51. The van der Waals surface area contributed by atoms with E-state index in [4.69, 9.17) is 5.11 Å². The number of hydrogen-bond acceptors (Lipinski definition) is 4. The zero-order valence-electron chi connectivity index (χ0n) is 8.19. The molecule has 0 saturated heterocycles. The second kappa shape index (κ2) is 5.13. The minimum absolute atomic E-state index is 0.116. The second-order valence-corrected chi connectivity index (χ2v) is 3.92. The van der Waals surface area contributed by atoms with E-state index in [1.54, 1.807) is 5.32 Å². The van der Waals surface area contributed by atoms with Gasteiger partial charge in [-0.05, 0) is 0 Å². The average molecular weight is 268 g/mol. The van der Waals surface area contributed by atoms with Crippen LogP contribution in [0.25, 0.3) is 0 Å². The highest BCUT2D eigenvalue weighted by atomic mass is 32.1. The Morgan fingerprint density at radius 1 is 1.53 bits per heavy atom. The third-order valence-electron chi connectivity index (χ3n) is 1.69. The van der Waals surface area contributed by atoms with Crippen LogP contribution < -0.4 is 5.32 Å². The number of carbonyl (C=O) groups is 2. The van der Waals surface area contributed by atoms with Gasteiger partial charge in [-0.2, -0.15) is 13.2 Å². The van der Waals surface area contributed by atoms with Gasteiger partial charge in [0.1, 0.15) is 5.01 Å². The highest BCUT2D eigenvalue weighted by Crippen LogP contribution is 2.22. The monoisotopic (exact) mass is 268 g/mol. The van der Waals surface area contributed by atoms with Gasteiger partial charge in [-0.25, -0.2) is 4.98 Å². The van der Waals surface area contributed by atoms with Gasteiger partial charge in [0.05, 0.1) is 12.5 Å². The molecule has 2 N–H and O–H groups in total. The van der Waals surface area contributed by atoms with E-state index >= 15 is 0 Å². The summed E-state index contributed by atoms with van der Waals surface area (Å²) in [5, 5.41) is 11.7. The summed E-state index contributed by atoms with van der Waals surface area (Å²) in [6.45, 7) is 0. The topological polar surface area (TPSA) is 79.3 Å². The molecule has 1 atom stereocenters. The lowest BCUT2D eigenvalue weighted by molar-refractivity contribution is -0.174. The molecule has 1 unspecified atom stereocenters. The SMILES string of the molecule is O=C(O)CC(NC(=O)C(F)(F)F)c1nccs1. The highest BCUT2D eigenvalue weighted by molar-refractivity contribution is 7.09. The molecule has 0 saturated carbocycles. The van der Waals surface area contributed by atoms with Crippen LogP contribution in [0.2, 0.25) is 0 Å². The van der Waals surface area contributed by atoms with E-state index in [9.17, 15) is 22.8 Å². The van der Waals surface area contributed by atoms with Crippen LogP contribution in [0.3, 0.4) is 0 Å². The lowest BCUT2D eigenvalue weighted by atomic mass is 10.2. The number of carboxylic acid groups (broad SMARTS) is 1. The van der Waals surface area contributed by atoms with Crippen LogP contribution in [-0.2, 0) is 9.59 Å². The van der Waals surface area contributed by atoms with Crippen molar-refractivity contribution in [2.45, 2.75) is 18.6 Å². The Balaban J connectivity index is 2.79. The first-order chi connectivity index (χ1) is 7.80. The Morgan fingerprint density at radius 2 is 2.18 bits per heavy atom. The first-order valence-electron chi connectivity index (χ1n) is 4.29. The molecule has 17 heavy (non-hydrogen) atoms. The number of hydrogen-bond donors (Lipinski definition) is 2. The van der Waals surface area contributed by atoms with Crippen molar-refractivity contribution < 1.29 is 27.9 Å². The Kier molecular flexibility index (Phi) is 4.05. The normalized spacial score (nSPS) is 13.1. The number of carbonyl (C=O) groups excluding carboxylic acids is 1. The van der Waals surface area contributed by atoms with Crippen LogP contribution in [0.15, 0.2) is 11.6 Å². The molecule has 0 aliphatic heterocycles. The van der Waals surface area contributed by atoms with E-state index in [-0.39, 0.29) is 5.01 Å². The maximum absolute atomic E-state index is 12.0. The van der Waals surface area contributed by atoms with E-state index < -0.39 is 30.5 Å². The van der Waals surface area contributed by atoms with Gasteiger partial charge in [0.15, 0.2) is 0 Å². The highest BCUT2D eigenvalue weighted by Gasteiger charge is 2.40. The van der Waals surface area contributed by atoms with Gasteiger partial charge >= 0.3 is 18.1 Å². The summed E-state index contributed by atoms with van der Waals surface area (Å²) in [6, 6.07) is -1.28. The first-order valence-corrected chi connectivity index (χ1v) is 5.17. The van der Waals surface area contributed by atoms with Crippen LogP contribution in [0.1, 0.15) is 17.5 Å². The van der Waals surface area contributed by atoms with Crippen molar-refractivity contribution in [3.63, 3.8) is 0 Å². The summed E-state index contributed by atoms with van der Waals surface area (Å²) in [5.41, 5.74) is 0. The summed E-state index contributed by atoms with van der Waals surface area (Å²) in [6.07, 6.45) is -4.39. The van der Waals surface area contributed by atoms with Gasteiger partial charge in [0.25, 0.3) is 0 Å². The maximum Gasteiger partial charge on any atom is 0.471 e. The van der Waals surface area contributed by atoms with E-state index in [2.05, 4.69) is 4.98 Å². The smallest absolute Gasteiger partial charge is 0.471 e. The van der Waals surface area contributed by atoms with Crippen molar-refractivity contribution in [3.8, 4) is 0 Å². The fourth-order valence-corrected chi connectivity index (χ4v) is 1.71. The number of thiazole rings is 1. The summed E-state index contributed by atoms with van der Waals surface area (Å²) >= 11 is 0.969. The van der Waals surface area contributed by atoms with Crippen LogP contribution in [0, 0.1) is 0 Å². The average Bonchev–Trinajstić information content (AvgIpc) is 2.66. The maximum atomic E-state index is 12.0. The Bertz CT molecular complexity index is 405. The van der Waals surface area contributed by atoms with Gasteiger partial charge in [-0.15, -0.1) is 11.3 Å². The second-order valence-electron chi connectivity index (χ2n) is 2.99. The van der Waals surface area contributed by atoms with Crippen LogP contribution in [-0.4, -0.2) is 28.1 Å². The number of amides is 1. The molecule has 94 valence electrons. The number of rotatable bonds is 4. The number of aromatic nitrogens is 1. The van der Waals surface area contributed by atoms with Crippen molar-refractivity contribution in [3.05, 3.63) is 16.6 Å². The van der Waals surface area contributed by atoms with Crippen molar-refractivity contribution >= 4 is 23.2 Å². The number of alkyl halides is 3. The molecule has 1 heterocycles. The predicted octanol–water partition coefficient (Wildman–Crippen LogP) is 1.34. The quantitative estimate of drug-likeness (QED) is 0.863. The molecule has 0 fully saturated rings. The molecule has 5 nitrogen and oxygen atoms in total. The van der Waals surface area contributed by atoms with Crippen LogP contribution in [0.5, 0.6) is 0 Å². The minimum Gasteiger partial charge on any atom is -0.481 e. The molecule has 0 aliphatic rings. The molecule has 1 aromatic rings. The fraction of sp³-hybridized carbons (Fsp3) is 0.375. The molecule has 0 aromatic carbocycles. The molecule has 0 spiro atoms. The predicted molar refractivity (Wildman–Crippen MR) is 51.3 cm³/mol. The zero-order valence-corrected chi connectivity index (χ0v) is 9.01. The van der Waals surface area contributed by atoms with Crippen molar-refractivity contribution in [2.75, 3.05) is 0 Å². The Labute approximate surface area is 97.3 Å². The lowest BCUT2D eigenvalue weighted by Crippen LogP contribution is -2.39. The first kappa shape index (κ1) is 13.4. The minimum atomic E-state index is -5.05. The standard InChI is InChI=1S/C8H7F3N2O3S/c9-8(10,11)7(16)13-4(3-5(14)15)6-12-1-2-17-6/h1-2,4H,3H2,(H,13,16)(H,14,15). The van der Waals surface area contributed by atoms with Crippen molar-refractivity contribution in [1.82, 2.24) is 10.3 Å². The number of nitrogens with one attached hydrogen (secondary N) is 1. The largest absolute Gasteiger partial charge is 0.481 e. The van der Waals surface area contributed by atoms with E-state index in [1.165, 1.54) is 11.6 Å². The van der Waals surface area contributed by atoms with E-state index in [0.717, 1.165) is 11.3 Å². The van der Waals surface area contributed by atoms with Crippen LogP contribution >= 0.6 is 11.3 Å². The third kappa shape index (κ3) is 4.02. The summed E-state index contributed by atoms with van der Waals surface area (Å²) < 4.78 is 36.0. The third-order valence-corrected chi connectivity index (χ3v) is 2.58. The molecule has 0 aliphatic carbocycles. The fourth-order valence-electron chi connectivity index (χ4n) is 1.02. The summed E-state index contributed by atoms with van der Waals surface area (Å²) in [4.78, 5) is 24.9. The van der Waals surface area contributed by atoms with Gasteiger partial charge in [0.2, 0.25) is 0 Å². The summed E-state index contributed by atoms with van der Waals surface area (Å²) in [7, 11) is 0. The Morgan fingerprint density at radius 3 is 2.59 bits per heavy atom. The number of carboxylic acids is 1. The number of nitrogens with zero attached hydrogens (tertiary/aromatic N) is 1. The van der Waals surface area contributed by atoms with Gasteiger partial charge in [0, 0.05) is 11.6 Å². The number of aliphatic carboxylic acids is 1. The Hall–Kier alpha value is -1.64. The van der Waals surface area contributed by atoms with E-state index in [0.29, 0.717) is 0 Å². The molecule has 1 amide bonds. The van der Waals surface area contributed by atoms with Crippen molar-refractivity contribution in [1.29, 1.82) is 0 Å². The molecule has 0 bridgehead atoms. The molecule has 9 heteroatoms. The van der Waals surface area contributed by atoms with Crippen molar-refractivity contribution in [2.24, 2.45) is 0 Å². The molecule has 1 aromatic heterocycles. The van der Waals surface area contributed by atoms with Gasteiger partial charge < -0.3 is 10.4 Å². The van der Waals surface area contributed by atoms with Gasteiger partial charge in [-0.3, -0.25) is 9.59 Å². The molecule has 1 rings (SSSR count). The molecule has 0 radical (unpaired) electrons. The molecular weight excluding hydrogens is 261 g/mol.